The summed E-state index contributed by atoms with van der Waals surface area (Å²) >= 11 is 8.33. The number of aromatic nitrogens is 3. The average molecular weight is 341 g/mol. The molecule has 98 valence electrons. The molecule has 1 heterocycles. The maximum absolute atomic E-state index is 13.7. The number of nitrogens with one attached hydrogen (secondary N) is 1. The van der Waals surface area contributed by atoms with Crippen LogP contribution in [0.15, 0.2) is 27.8 Å². The fraction of sp³-hybridized carbons (Fsp3) is 0.250. The summed E-state index contributed by atoms with van der Waals surface area (Å²) in [6.45, 7) is 0. The van der Waals surface area contributed by atoms with Gasteiger partial charge in [0.25, 0.3) is 0 Å². The molecule has 0 amide bonds. The van der Waals surface area contributed by atoms with E-state index in [0.717, 1.165) is 18.7 Å². The Balaban J connectivity index is 1.94. The summed E-state index contributed by atoms with van der Waals surface area (Å²) in [6, 6.07) is 4.82. The molecule has 4 nitrogen and oxygen atoms in total. The Kier molecular flexibility index (Phi) is 3.32. The van der Waals surface area contributed by atoms with Gasteiger partial charge < -0.3 is 0 Å². The second-order valence-electron chi connectivity index (χ2n) is 4.38. The predicted octanol–water partition coefficient (Wildman–Crippen LogP) is 3.60. The van der Waals surface area contributed by atoms with Crippen molar-refractivity contribution in [1.29, 1.82) is 0 Å². The van der Waals surface area contributed by atoms with Crippen molar-refractivity contribution in [1.82, 2.24) is 14.9 Å². The van der Waals surface area contributed by atoms with Gasteiger partial charge in [-0.15, -0.1) is 0 Å². The monoisotopic (exact) mass is 340 g/mol. The molecule has 0 radical (unpaired) electrons. The molecule has 0 bridgehead atoms. The number of H-pyrrole nitrogens is 1. The van der Waals surface area contributed by atoms with Gasteiger partial charge in [0.05, 0.1) is 6.21 Å². The molecule has 1 N–H and O–H groups in total. The molecule has 1 aromatic heterocycles. The average Bonchev–Trinajstić information content (AvgIpc) is 3.14. The smallest absolute Gasteiger partial charge is 0.216 e. The number of nitrogens with zero attached hydrogens (tertiary/aromatic N) is 3. The molecule has 1 aliphatic carbocycles. The molecule has 19 heavy (non-hydrogen) atoms. The summed E-state index contributed by atoms with van der Waals surface area (Å²) in [6.07, 6.45) is 3.66. The van der Waals surface area contributed by atoms with E-state index < -0.39 is 0 Å². The number of halogens is 2. The van der Waals surface area contributed by atoms with E-state index in [2.05, 4.69) is 31.2 Å². The number of benzene rings is 1. The van der Waals surface area contributed by atoms with Crippen LogP contribution in [0.3, 0.4) is 0 Å². The first-order chi connectivity index (χ1) is 9.15. The normalized spacial score (nSPS) is 15.3. The third-order valence-electron chi connectivity index (χ3n) is 2.89. The Morgan fingerprint density at radius 1 is 1.53 bits per heavy atom. The molecule has 7 heteroatoms. The summed E-state index contributed by atoms with van der Waals surface area (Å²) < 4.78 is 16.4. The standard InChI is InChI=1S/C12H10BrFN4S/c13-9-4-3-8(10(14)5-9)6-15-18-11(7-1-2-7)16-17-12(18)19/h3-7H,1-2H2,(H,17,19)/b15-6-. The summed E-state index contributed by atoms with van der Waals surface area (Å²) in [7, 11) is 0. The number of hydrogen-bond donors (Lipinski definition) is 1. The van der Waals surface area contributed by atoms with Gasteiger partial charge in [-0.05, 0) is 43.3 Å². The van der Waals surface area contributed by atoms with Gasteiger partial charge in [-0.1, -0.05) is 15.9 Å². The van der Waals surface area contributed by atoms with Gasteiger partial charge in [0, 0.05) is 16.0 Å². The molecule has 1 aromatic carbocycles. The zero-order valence-electron chi connectivity index (χ0n) is 9.81. The van der Waals surface area contributed by atoms with Gasteiger partial charge in [0.2, 0.25) is 4.77 Å². The lowest BCUT2D eigenvalue weighted by molar-refractivity contribution is 0.624. The highest BCUT2D eigenvalue weighted by Gasteiger charge is 2.29. The highest BCUT2D eigenvalue weighted by molar-refractivity contribution is 9.10. The quantitative estimate of drug-likeness (QED) is 0.685. The van der Waals surface area contributed by atoms with E-state index in [1.165, 1.54) is 12.3 Å². The van der Waals surface area contributed by atoms with Gasteiger partial charge in [-0.2, -0.15) is 14.9 Å². The van der Waals surface area contributed by atoms with E-state index in [0.29, 0.717) is 20.7 Å². The van der Waals surface area contributed by atoms with Gasteiger partial charge >= 0.3 is 0 Å². The molecule has 0 atom stereocenters. The van der Waals surface area contributed by atoms with Crippen LogP contribution in [-0.2, 0) is 0 Å². The molecule has 1 saturated carbocycles. The topological polar surface area (TPSA) is 46.0 Å². The molecular weight excluding hydrogens is 331 g/mol. The number of aromatic amines is 1. The Hall–Kier alpha value is -1.34. The molecule has 2 aromatic rings. The van der Waals surface area contributed by atoms with E-state index in [-0.39, 0.29) is 5.82 Å². The summed E-state index contributed by atoms with van der Waals surface area (Å²) in [4.78, 5) is 0. The molecular formula is C12H10BrFN4S. The first-order valence-corrected chi connectivity index (χ1v) is 7.02. The lowest BCUT2D eigenvalue weighted by Crippen LogP contribution is -1.98. The van der Waals surface area contributed by atoms with E-state index >= 15 is 0 Å². The number of hydrogen-bond acceptors (Lipinski definition) is 3. The largest absolute Gasteiger partial charge is 0.250 e. The van der Waals surface area contributed by atoms with Crippen LogP contribution < -0.4 is 0 Å². The molecule has 0 spiro atoms. The first-order valence-electron chi connectivity index (χ1n) is 5.82. The van der Waals surface area contributed by atoms with Crippen molar-refractivity contribution in [2.45, 2.75) is 18.8 Å². The van der Waals surface area contributed by atoms with Crippen LogP contribution in [0, 0.1) is 10.6 Å². The maximum Gasteiger partial charge on any atom is 0.216 e. The Morgan fingerprint density at radius 3 is 3.00 bits per heavy atom. The van der Waals surface area contributed by atoms with Crippen molar-refractivity contribution in [2.24, 2.45) is 5.10 Å². The van der Waals surface area contributed by atoms with E-state index in [1.54, 1.807) is 16.8 Å². The lowest BCUT2D eigenvalue weighted by Gasteiger charge is -1.99. The fourth-order valence-electron chi connectivity index (χ4n) is 1.75. The van der Waals surface area contributed by atoms with Crippen LogP contribution in [0.25, 0.3) is 0 Å². The SMILES string of the molecule is Fc1cc(Br)ccc1/C=N\n1c(C2CC2)n[nH]c1=S. The van der Waals surface area contributed by atoms with E-state index in [9.17, 15) is 4.39 Å². The van der Waals surface area contributed by atoms with Gasteiger partial charge in [-0.3, -0.25) is 5.10 Å². The van der Waals surface area contributed by atoms with Crippen LogP contribution in [0.5, 0.6) is 0 Å². The van der Waals surface area contributed by atoms with Gasteiger partial charge in [0.15, 0.2) is 5.82 Å². The third kappa shape index (κ3) is 2.66. The second-order valence-corrected chi connectivity index (χ2v) is 5.69. The maximum atomic E-state index is 13.7. The van der Waals surface area contributed by atoms with Crippen molar-refractivity contribution in [3.63, 3.8) is 0 Å². The van der Waals surface area contributed by atoms with Crippen LogP contribution in [0.1, 0.15) is 30.1 Å². The van der Waals surface area contributed by atoms with E-state index in [1.807, 2.05) is 0 Å². The van der Waals surface area contributed by atoms with E-state index in [4.69, 9.17) is 12.2 Å². The van der Waals surface area contributed by atoms with Crippen LogP contribution in [0.4, 0.5) is 4.39 Å². The lowest BCUT2D eigenvalue weighted by atomic mass is 10.2. The van der Waals surface area contributed by atoms with Crippen LogP contribution in [-0.4, -0.2) is 21.1 Å². The van der Waals surface area contributed by atoms with Crippen molar-refractivity contribution in [3.8, 4) is 0 Å². The second kappa shape index (κ2) is 4.97. The summed E-state index contributed by atoms with van der Waals surface area (Å²) in [5.41, 5.74) is 0.410. The molecule has 3 rings (SSSR count). The number of rotatable bonds is 3. The van der Waals surface area contributed by atoms with Crippen molar-refractivity contribution < 1.29 is 4.39 Å². The molecule has 1 aliphatic rings. The van der Waals surface area contributed by atoms with Gasteiger partial charge in [-0.25, -0.2) is 4.39 Å². The summed E-state index contributed by atoms with van der Waals surface area (Å²) in [5.74, 6) is 0.903. The highest BCUT2D eigenvalue weighted by Crippen LogP contribution is 2.38. The fourth-order valence-corrected chi connectivity index (χ4v) is 2.27. The molecule has 0 unspecified atom stereocenters. The first kappa shape index (κ1) is 12.7. The zero-order valence-corrected chi connectivity index (χ0v) is 12.2. The Bertz CT molecular complexity index is 702. The Labute approximate surface area is 122 Å². The molecule has 1 fully saturated rings. The van der Waals surface area contributed by atoms with Crippen molar-refractivity contribution >= 4 is 34.4 Å². The third-order valence-corrected chi connectivity index (χ3v) is 3.65. The molecule has 0 aliphatic heterocycles. The van der Waals surface area contributed by atoms with Crippen molar-refractivity contribution in [2.75, 3.05) is 0 Å². The molecule has 0 saturated heterocycles. The van der Waals surface area contributed by atoms with Crippen molar-refractivity contribution in [3.05, 3.63) is 44.6 Å². The van der Waals surface area contributed by atoms with Crippen LogP contribution in [0.2, 0.25) is 0 Å². The summed E-state index contributed by atoms with van der Waals surface area (Å²) in [5, 5.41) is 11.1. The van der Waals surface area contributed by atoms with Gasteiger partial charge in [0.1, 0.15) is 5.82 Å². The minimum Gasteiger partial charge on any atom is -0.250 e. The van der Waals surface area contributed by atoms with Crippen LogP contribution >= 0.6 is 28.1 Å². The zero-order chi connectivity index (χ0) is 13.4. The minimum atomic E-state index is -0.332. The predicted molar refractivity (Wildman–Crippen MR) is 76.5 cm³/mol. The minimum absolute atomic E-state index is 0.332. The Morgan fingerprint density at radius 2 is 2.32 bits per heavy atom. The highest BCUT2D eigenvalue weighted by atomic mass is 79.9.